The molecule has 0 fully saturated rings. The van der Waals surface area contributed by atoms with Crippen molar-refractivity contribution in [3.8, 4) is 16.9 Å². The maximum Gasteiger partial charge on any atom is 0.322 e. The second-order valence-electron chi connectivity index (χ2n) is 7.30. The van der Waals surface area contributed by atoms with Crippen molar-refractivity contribution >= 4 is 21.7 Å². The smallest absolute Gasteiger partial charge is 0.322 e. The highest BCUT2D eigenvalue weighted by Gasteiger charge is 2.14. The van der Waals surface area contributed by atoms with E-state index in [2.05, 4.69) is 20.2 Å². The number of rotatable bonds is 11. The number of ether oxygens (including phenoxy) is 1. The monoisotopic (exact) mass is 473 g/mol. The number of benzene rings is 2. The predicted molar refractivity (Wildman–Crippen MR) is 125 cm³/mol. The van der Waals surface area contributed by atoms with Gasteiger partial charge in [-0.25, -0.2) is 17.9 Å². The highest BCUT2D eigenvalue weighted by atomic mass is 32.2. The van der Waals surface area contributed by atoms with Gasteiger partial charge in [-0.3, -0.25) is 5.10 Å². The average molecular weight is 474 g/mol. The number of carbonyl (C=O) groups is 1. The molecule has 176 valence electrons. The summed E-state index contributed by atoms with van der Waals surface area (Å²) < 4.78 is 30.2. The quantitative estimate of drug-likeness (QED) is 0.315. The molecular formula is C22H27N5O5S. The normalized spacial score (nSPS) is 11.2. The van der Waals surface area contributed by atoms with Gasteiger partial charge in [-0.05, 0) is 35.4 Å². The van der Waals surface area contributed by atoms with Crippen LogP contribution in [0.4, 0.5) is 10.5 Å². The summed E-state index contributed by atoms with van der Waals surface area (Å²) >= 11 is 0. The van der Waals surface area contributed by atoms with Gasteiger partial charge >= 0.3 is 6.03 Å². The van der Waals surface area contributed by atoms with Crippen LogP contribution in [0.2, 0.25) is 0 Å². The van der Waals surface area contributed by atoms with E-state index < -0.39 is 10.0 Å². The number of nitrogens with zero attached hydrogens (tertiary/aromatic N) is 2. The number of H-pyrrole nitrogens is 1. The number of urea groups is 1. The standard InChI is InChI=1S/C22H27N5O5S/c1-33(30,31)25-9-12-32-21-4-2-3-17(13-21)16-27(10-11-28)22(29)26-20-7-5-18(6-8-20)19-14-23-24-15-19/h2-8,13-15,25,28H,9-12,16H2,1H3,(H,23,24)(H,26,29). The van der Waals surface area contributed by atoms with Gasteiger partial charge in [0, 0.05) is 37.1 Å². The zero-order valence-electron chi connectivity index (χ0n) is 18.2. The Labute approximate surface area is 192 Å². The maximum atomic E-state index is 12.8. The lowest BCUT2D eigenvalue weighted by Crippen LogP contribution is -2.36. The Kier molecular flexibility index (Phi) is 8.41. The Hall–Kier alpha value is -3.41. The molecule has 1 heterocycles. The molecule has 0 radical (unpaired) electrons. The van der Waals surface area contributed by atoms with Gasteiger partial charge in [0.25, 0.3) is 0 Å². The van der Waals surface area contributed by atoms with Gasteiger partial charge in [0.15, 0.2) is 0 Å². The fourth-order valence-electron chi connectivity index (χ4n) is 3.08. The first kappa shape index (κ1) is 24.2. The van der Waals surface area contributed by atoms with Gasteiger partial charge in [-0.1, -0.05) is 24.3 Å². The highest BCUT2D eigenvalue weighted by Crippen LogP contribution is 2.21. The van der Waals surface area contributed by atoms with Crippen molar-refractivity contribution in [3.05, 3.63) is 66.5 Å². The number of hydrogen-bond donors (Lipinski definition) is 4. The molecule has 0 aliphatic heterocycles. The molecule has 33 heavy (non-hydrogen) atoms. The van der Waals surface area contributed by atoms with Crippen molar-refractivity contribution in [2.24, 2.45) is 0 Å². The first-order chi connectivity index (χ1) is 15.8. The Balaban J connectivity index is 1.58. The average Bonchev–Trinajstić information content (AvgIpc) is 3.32. The summed E-state index contributed by atoms with van der Waals surface area (Å²) in [4.78, 5) is 14.3. The van der Waals surface area contributed by atoms with E-state index in [0.29, 0.717) is 11.4 Å². The number of nitrogens with one attached hydrogen (secondary N) is 3. The molecule has 2 aromatic carbocycles. The number of aromatic amines is 1. The van der Waals surface area contributed by atoms with Crippen molar-refractivity contribution in [3.63, 3.8) is 0 Å². The van der Waals surface area contributed by atoms with Crippen LogP contribution in [0.5, 0.6) is 5.75 Å². The van der Waals surface area contributed by atoms with Crippen LogP contribution >= 0.6 is 0 Å². The number of aliphatic hydroxyl groups is 1. The number of anilines is 1. The molecule has 2 amide bonds. The van der Waals surface area contributed by atoms with Crippen LogP contribution in [0.15, 0.2) is 60.9 Å². The van der Waals surface area contributed by atoms with Crippen LogP contribution in [0.3, 0.4) is 0 Å². The molecule has 0 saturated carbocycles. The summed E-state index contributed by atoms with van der Waals surface area (Å²) in [6.07, 6.45) is 4.59. The van der Waals surface area contributed by atoms with Crippen LogP contribution in [0.25, 0.3) is 11.1 Å². The third kappa shape index (κ3) is 7.90. The number of carbonyl (C=O) groups excluding carboxylic acids is 1. The van der Waals surface area contributed by atoms with E-state index in [1.807, 2.05) is 18.2 Å². The number of sulfonamides is 1. The fourth-order valence-corrected chi connectivity index (χ4v) is 3.53. The Bertz CT molecular complexity index is 1130. The number of hydrogen-bond acceptors (Lipinski definition) is 6. The third-order valence-corrected chi connectivity index (χ3v) is 5.36. The van der Waals surface area contributed by atoms with Gasteiger partial charge < -0.3 is 20.1 Å². The molecule has 11 heteroatoms. The Morgan fingerprint density at radius 3 is 2.64 bits per heavy atom. The van der Waals surface area contributed by atoms with Crippen molar-refractivity contribution in [1.29, 1.82) is 0 Å². The summed E-state index contributed by atoms with van der Waals surface area (Å²) in [5, 5.41) is 19.0. The minimum atomic E-state index is -3.27. The minimum Gasteiger partial charge on any atom is -0.492 e. The second kappa shape index (κ2) is 11.5. The molecule has 0 aliphatic carbocycles. The van der Waals surface area contributed by atoms with E-state index in [0.717, 1.165) is 22.9 Å². The van der Waals surface area contributed by atoms with E-state index in [-0.39, 0.29) is 38.9 Å². The zero-order chi connectivity index (χ0) is 23.7. The molecule has 10 nitrogen and oxygen atoms in total. The Morgan fingerprint density at radius 2 is 1.97 bits per heavy atom. The van der Waals surface area contributed by atoms with Crippen LogP contribution < -0.4 is 14.8 Å². The van der Waals surface area contributed by atoms with Crippen LogP contribution in [-0.4, -0.2) is 67.2 Å². The number of amides is 2. The van der Waals surface area contributed by atoms with E-state index in [1.54, 1.807) is 42.7 Å². The van der Waals surface area contributed by atoms with Crippen LogP contribution in [-0.2, 0) is 16.6 Å². The van der Waals surface area contributed by atoms with Gasteiger partial charge in [0.05, 0.1) is 19.1 Å². The van der Waals surface area contributed by atoms with Crippen LogP contribution in [0, 0.1) is 0 Å². The molecule has 3 aromatic rings. The van der Waals surface area contributed by atoms with Crippen molar-refractivity contribution < 1.29 is 23.1 Å². The third-order valence-electron chi connectivity index (χ3n) is 4.63. The summed E-state index contributed by atoms with van der Waals surface area (Å²) in [6.45, 7) is 0.564. The zero-order valence-corrected chi connectivity index (χ0v) is 19.0. The maximum absolute atomic E-state index is 12.8. The van der Waals surface area contributed by atoms with Crippen molar-refractivity contribution in [1.82, 2.24) is 19.8 Å². The lowest BCUT2D eigenvalue weighted by atomic mass is 10.1. The lowest BCUT2D eigenvalue weighted by Gasteiger charge is -2.22. The van der Waals surface area contributed by atoms with E-state index in [4.69, 9.17) is 4.74 Å². The van der Waals surface area contributed by atoms with Gasteiger partial charge in [0.2, 0.25) is 10.0 Å². The largest absolute Gasteiger partial charge is 0.492 e. The molecular weight excluding hydrogens is 446 g/mol. The molecule has 0 aliphatic rings. The lowest BCUT2D eigenvalue weighted by molar-refractivity contribution is 0.185. The molecule has 3 rings (SSSR count). The van der Waals surface area contributed by atoms with Crippen molar-refractivity contribution in [2.75, 3.05) is 37.9 Å². The fraction of sp³-hybridized carbons (Fsp3) is 0.273. The number of aliphatic hydroxyl groups excluding tert-OH is 1. The highest BCUT2D eigenvalue weighted by molar-refractivity contribution is 7.88. The molecule has 0 saturated heterocycles. The number of aromatic nitrogens is 2. The predicted octanol–water partition coefficient (Wildman–Crippen LogP) is 2.03. The minimum absolute atomic E-state index is 0.154. The van der Waals surface area contributed by atoms with Gasteiger partial charge in [0.1, 0.15) is 12.4 Å². The molecule has 0 atom stereocenters. The van der Waals surface area contributed by atoms with Crippen LogP contribution in [0.1, 0.15) is 5.56 Å². The summed E-state index contributed by atoms with van der Waals surface area (Å²) in [7, 11) is -3.27. The van der Waals surface area contributed by atoms with E-state index in [9.17, 15) is 18.3 Å². The molecule has 4 N–H and O–H groups in total. The molecule has 0 unspecified atom stereocenters. The van der Waals surface area contributed by atoms with E-state index in [1.165, 1.54) is 4.90 Å². The SMILES string of the molecule is CS(=O)(=O)NCCOc1cccc(CN(CCO)C(=O)Nc2ccc(-c3cn[nH]c3)cc2)c1. The van der Waals surface area contributed by atoms with E-state index >= 15 is 0 Å². The van der Waals surface area contributed by atoms with Gasteiger partial charge in [-0.15, -0.1) is 0 Å². The topological polar surface area (TPSA) is 137 Å². The summed E-state index contributed by atoms with van der Waals surface area (Å²) in [5.74, 6) is 0.557. The Morgan fingerprint density at radius 1 is 1.18 bits per heavy atom. The second-order valence-corrected chi connectivity index (χ2v) is 9.14. The van der Waals surface area contributed by atoms with Crippen molar-refractivity contribution in [2.45, 2.75) is 6.54 Å². The van der Waals surface area contributed by atoms with Gasteiger partial charge in [-0.2, -0.15) is 5.10 Å². The molecule has 1 aromatic heterocycles. The molecule has 0 bridgehead atoms. The summed E-state index contributed by atoms with van der Waals surface area (Å²) in [5.41, 5.74) is 3.36. The first-order valence-electron chi connectivity index (χ1n) is 10.3. The first-order valence-corrected chi connectivity index (χ1v) is 12.2. The summed E-state index contributed by atoms with van der Waals surface area (Å²) in [6, 6.07) is 14.2. The molecule has 0 spiro atoms.